The van der Waals surface area contributed by atoms with Gasteiger partial charge in [-0.3, -0.25) is 13.7 Å². The van der Waals surface area contributed by atoms with Crippen LogP contribution in [0.5, 0.6) is 5.75 Å². The van der Waals surface area contributed by atoms with E-state index in [2.05, 4.69) is 0 Å². The maximum atomic E-state index is 12.5. The number of hydrogen-bond donors (Lipinski definition) is 2. The van der Waals surface area contributed by atoms with Gasteiger partial charge in [-0.05, 0) is 24.1 Å². The molecule has 0 aliphatic heterocycles. The first-order valence-corrected chi connectivity index (χ1v) is 9.94. The molecule has 9 heteroatoms. The van der Waals surface area contributed by atoms with Crippen molar-refractivity contribution in [2.24, 2.45) is 0 Å². The number of carboxylic acid groups (broad SMARTS) is 1. The van der Waals surface area contributed by atoms with Crippen LogP contribution in [0.4, 0.5) is 5.69 Å². The Hall–Kier alpha value is -3.43. The summed E-state index contributed by atoms with van der Waals surface area (Å²) in [4.78, 5) is 24.2. The van der Waals surface area contributed by atoms with Crippen molar-refractivity contribution in [1.29, 1.82) is 0 Å². The first kappa shape index (κ1) is 21.3. The summed E-state index contributed by atoms with van der Waals surface area (Å²) in [6.45, 7) is 1.46. The second-order valence-electron chi connectivity index (χ2n) is 6.37. The molecule has 1 aromatic heterocycles. The molecular formula is C21H19NO7S. The molecular weight excluding hydrogens is 410 g/mol. The number of para-hydroxylation sites is 1. The summed E-state index contributed by atoms with van der Waals surface area (Å²) < 4.78 is 33.4. The third kappa shape index (κ3) is 4.94. The van der Waals surface area contributed by atoms with Gasteiger partial charge in [0, 0.05) is 6.07 Å². The normalized spacial score (nSPS) is 11.7. The van der Waals surface area contributed by atoms with E-state index in [9.17, 15) is 23.5 Å². The van der Waals surface area contributed by atoms with Crippen molar-refractivity contribution in [2.75, 3.05) is 4.31 Å². The van der Waals surface area contributed by atoms with E-state index in [-0.39, 0.29) is 18.9 Å². The summed E-state index contributed by atoms with van der Waals surface area (Å²) in [5, 5.41) is 9.48. The van der Waals surface area contributed by atoms with Gasteiger partial charge >= 0.3 is 5.97 Å². The topological polar surface area (TPSA) is 117 Å². The number of carboxylic acids is 1. The van der Waals surface area contributed by atoms with E-state index in [1.165, 1.54) is 0 Å². The average molecular weight is 429 g/mol. The highest BCUT2D eigenvalue weighted by Gasteiger charge is 2.23. The van der Waals surface area contributed by atoms with Crippen molar-refractivity contribution in [3.63, 3.8) is 0 Å². The zero-order valence-corrected chi connectivity index (χ0v) is 16.8. The van der Waals surface area contributed by atoms with Gasteiger partial charge in [-0.15, -0.1) is 0 Å². The Kier molecular flexibility index (Phi) is 6.65. The monoisotopic (exact) mass is 429 g/mol. The minimum atomic E-state index is -2.43. The molecule has 1 unspecified atom stereocenters. The Balaban J connectivity index is 1.92. The van der Waals surface area contributed by atoms with Gasteiger partial charge in [0.05, 0.1) is 12.2 Å². The summed E-state index contributed by atoms with van der Waals surface area (Å²) >= 11 is -2.43. The number of aromatic carboxylic acids is 1. The van der Waals surface area contributed by atoms with E-state index in [0.29, 0.717) is 5.69 Å². The first-order valence-electron chi connectivity index (χ1n) is 8.88. The predicted octanol–water partition coefficient (Wildman–Crippen LogP) is 3.37. The van der Waals surface area contributed by atoms with E-state index in [0.717, 1.165) is 21.5 Å². The Morgan fingerprint density at radius 2 is 1.80 bits per heavy atom. The number of hydrogen-bond acceptors (Lipinski definition) is 5. The summed E-state index contributed by atoms with van der Waals surface area (Å²) in [7, 11) is 0. The highest BCUT2D eigenvalue weighted by atomic mass is 32.2. The highest BCUT2D eigenvalue weighted by molar-refractivity contribution is 7.80. The Labute approximate surface area is 174 Å². The predicted molar refractivity (Wildman–Crippen MR) is 111 cm³/mol. The van der Waals surface area contributed by atoms with Crippen LogP contribution in [0.1, 0.15) is 27.4 Å². The smallest absolute Gasteiger partial charge is 0.375 e. The van der Waals surface area contributed by atoms with Gasteiger partial charge in [0.2, 0.25) is 11.2 Å². The highest BCUT2D eigenvalue weighted by Crippen LogP contribution is 2.24. The molecule has 1 atom stereocenters. The van der Waals surface area contributed by atoms with Gasteiger partial charge in [-0.1, -0.05) is 48.5 Å². The van der Waals surface area contributed by atoms with Crippen molar-refractivity contribution < 1.29 is 27.8 Å². The third-order valence-electron chi connectivity index (χ3n) is 4.25. The summed E-state index contributed by atoms with van der Waals surface area (Å²) in [6, 6.07) is 16.9. The standard InChI is InChI=1S/C21H19NO7S/c1-14-7-5-6-10-17(14)22(30(26)27)12-16-11-18(23)19(20(29-16)21(24)25)28-13-15-8-3-2-4-9-15/h2-11H,12-13H2,1H3,(H,24,25)(H,26,27). The molecule has 3 rings (SSSR count). The fourth-order valence-corrected chi connectivity index (χ4v) is 3.44. The number of rotatable bonds is 8. The molecule has 0 aliphatic rings. The number of anilines is 1. The van der Waals surface area contributed by atoms with Crippen LogP contribution in [-0.2, 0) is 24.4 Å². The lowest BCUT2D eigenvalue weighted by molar-refractivity contribution is 0.0647. The van der Waals surface area contributed by atoms with Crippen molar-refractivity contribution in [1.82, 2.24) is 0 Å². The van der Waals surface area contributed by atoms with Crippen LogP contribution in [-0.4, -0.2) is 19.8 Å². The second-order valence-corrected chi connectivity index (χ2v) is 7.27. The molecule has 0 aliphatic carbocycles. The molecule has 1 heterocycles. The summed E-state index contributed by atoms with van der Waals surface area (Å²) in [5.74, 6) is -2.66. The molecule has 3 aromatic rings. The molecule has 0 bridgehead atoms. The van der Waals surface area contributed by atoms with Crippen LogP contribution in [0.25, 0.3) is 0 Å². The fourth-order valence-electron chi connectivity index (χ4n) is 2.82. The van der Waals surface area contributed by atoms with Crippen LogP contribution >= 0.6 is 0 Å². The molecule has 2 N–H and O–H groups in total. The van der Waals surface area contributed by atoms with Crippen LogP contribution in [0.15, 0.2) is 69.9 Å². The molecule has 0 spiro atoms. The lowest BCUT2D eigenvalue weighted by Crippen LogP contribution is -2.26. The number of carbonyl (C=O) groups is 1. The zero-order valence-electron chi connectivity index (χ0n) is 16.0. The lowest BCUT2D eigenvalue weighted by Gasteiger charge is -2.21. The maximum Gasteiger partial charge on any atom is 0.375 e. The lowest BCUT2D eigenvalue weighted by atomic mass is 10.2. The van der Waals surface area contributed by atoms with Crippen LogP contribution in [0.3, 0.4) is 0 Å². The summed E-state index contributed by atoms with van der Waals surface area (Å²) in [6.07, 6.45) is 0. The molecule has 30 heavy (non-hydrogen) atoms. The van der Waals surface area contributed by atoms with E-state index >= 15 is 0 Å². The van der Waals surface area contributed by atoms with Gasteiger partial charge in [-0.2, -0.15) is 0 Å². The van der Waals surface area contributed by atoms with E-state index in [1.54, 1.807) is 55.5 Å². The number of aryl methyl sites for hydroxylation is 1. The van der Waals surface area contributed by atoms with Crippen molar-refractivity contribution >= 4 is 22.9 Å². The Bertz CT molecular complexity index is 1130. The van der Waals surface area contributed by atoms with E-state index < -0.39 is 34.2 Å². The number of benzene rings is 2. The van der Waals surface area contributed by atoms with Crippen molar-refractivity contribution in [2.45, 2.75) is 20.1 Å². The fraction of sp³-hybridized carbons (Fsp3) is 0.143. The Morgan fingerprint density at radius 3 is 2.43 bits per heavy atom. The van der Waals surface area contributed by atoms with Crippen LogP contribution in [0, 0.1) is 6.92 Å². The third-order valence-corrected chi connectivity index (χ3v) is 4.95. The van der Waals surface area contributed by atoms with Gasteiger partial charge < -0.3 is 14.3 Å². The second kappa shape index (κ2) is 9.38. The molecule has 0 fully saturated rings. The molecule has 2 aromatic carbocycles. The summed E-state index contributed by atoms with van der Waals surface area (Å²) in [5.41, 5.74) is 1.22. The van der Waals surface area contributed by atoms with Crippen molar-refractivity contribution in [3.05, 3.63) is 93.5 Å². The largest absolute Gasteiger partial charge is 0.481 e. The minimum Gasteiger partial charge on any atom is -0.481 e. The van der Waals surface area contributed by atoms with Gasteiger partial charge in [0.25, 0.3) is 17.0 Å². The zero-order chi connectivity index (χ0) is 21.7. The molecule has 0 saturated heterocycles. The van der Waals surface area contributed by atoms with E-state index in [4.69, 9.17) is 9.15 Å². The van der Waals surface area contributed by atoms with E-state index in [1.807, 2.05) is 6.07 Å². The van der Waals surface area contributed by atoms with Gasteiger partial charge in [0.15, 0.2) is 0 Å². The number of ether oxygens (including phenoxy) is 1. The molecule has 0 saturated carbocycles. The molecule has 8 nitrogen and oxygen atoms in total. The quantitative estimate of drug-likeness (QED) is 0.527. The molecule has 156 valence electrons. The van der Waals surface area contributed by atoms with Crippen LogP contribution < -0.4 is 14.5 Å². The number of nitrogens with zero attached hydrogens (tertiary/aromatic N) is 1. The van der Waals surface area contributed by atoms with Gasteiger partial charge in [0.1, 0.15) is 12.4 Å². The average Bonchev–Trinajstić information content (AvgIpc) is 2.72. The SMILES string of the molecule is Cc1ccccc1N(Cc1cc(=O)c(OCc2ccccc2)c(C(=O)O)o1)S(=O)O. The minimum absolute atomic E-state index is 0.0127. The molecule has 0 amide bonds. The maximum absolute atomic E-state index is 12.5. The van der Waals surface area contributed by atoms with Crippen LogP contribution in [0.2, 0.25) is 0 Å². The van der Waals surface area contributed by atoms with Crippen molar-refractivity contribution in [3.8, 4) is 5.75 Å². The first-order chi connectivity index (χ1) is 14.4. The van der Waals surface area contributed by atoms with Gasteiger partial charge in [-0.25, -0.2) is 9.00 Å². The Morgan fingerprint density at radius 1 is 1.13 bits per heavy atom. The molecule has 0 radical (unpaired) electrons.